The Morgan fingerprint density at radius 2 is 1.00 bits per heavy atom. The van der Waals surface area contributed by atoms with E-state index >= 15 is 0 Å². The molecular formula is C18H24N4O3+2. The van der Waals surface area contributed by atoms with Crippen LogP contribution in [0, 0.1) is 0 Å². The van der Waals surface area contributed by atoms with Gasteiger partial charge in [-0.15, -0.1) is 0 Å². The molecule has 8 N–H and O–H groups in total. The van der Waals surface area contributed by atoms with Crippen molar-refractivity contribution in [2.24, 2.45) is 11.5 Å². The van der Waals surface area contributed by atoms with Crippen molar-refractivity contribution in [2.75, 3.05) is 26.4 Å². The summed E-state index contributed by atoms with van der Waals surface area (Å²) in [6.07, 6.45) is 0. The third-order valence-corrected chi connectivity index (χ3v) is 3.37. The number of ether oxygens (including phenoxy) is 3. The molecule has 0 aliphatic heterocycles. The Balaban J connectivity index is 1.57. The second-order valence-corrected chi connectivity index (χ2v) is 5.27. The van der Waals surface area contributed by atoms with Crippen molar-refractivity contribution >= 4 is 11.7 Å². The molecule has 0 amide bonds. The molecule has 7 heteroatoms. The summed E-state index contributed by atoms with van der Waals surface area (Å²) in [4.78, 5) is 0. The number of hydrogen-bond donors (Lipinski definition) is 4. The molecule has 0 unspecified atom stereocenters. The van der Waals surface area contributed by atoms with E-state index in [-0.39, 0.29) is 11.7 Å². The number of amidine groups is 2. The fraction of sp³-hybridized carbons (Fsp3) is 0.222. The molecule has 2 aromatic carbocycles. The summed E-state index contributed by atoms with van der Waals surface area (Å²) < 4.78 is 16.6. The number of hydrogen-bond acceptors (Lipinski definition) is 3. The fourth-order valence-corrected chi connectivity index (χ4v) is 2.03. The van der Waals surface area contributed by atoms with Gasteiger partial charge in [0.15, 0.2) is 0 Å². The number of nitrogens with two attached hydrogens (primary N) is 4. The topological polar surface area (TPSA) is 131 Å². The van der Waals surface area contributed by atoms with E-state index in [1.165, 1.54) is 0 Å². The minimum absolute atomic E-state index is 0.286. The highest BCUT2D eigenvalue weighted by Gasteiger charge is 2.02. The Morgan fingerprint density at radius 1 is 0.640 bits per heavy atom. The molecule has 0 saturated carbocycles. The van der Waals surface area contributed by atoms with Crippen molar-refractivity contribution in [1.82, 2.24) is 0 Å². The maximum Gasteiger partial charge on any atom is 0.270 e. The molecule has 0 aromatic heterocycles. The van der Waals surface area contributed by atoms with Crippen LogP contribution >= 0.6 is 0 Å². The van der Waals surface area contributed by atoms with Crippen LogP contribution in [0.5, 0.6) is 11.5 Å². The van der Waals surface area contributed by atoms with Crippen molar-refractivity contribution in [3.63, 3.8) is 0 Å². The van der Waals surface area contributed by atoms with E-state index in [0.29, 0.717) is 26.4 Å². The molecule has 132 valence electrons. The van der Waals surface area contributed by atoms with E-state index in [1.54, 1.807) is 24.3 Å². The van der Waals surface area contributed by atoms with Gasteiger partial charge in [-0.05, 0) is 48.5 Å². The van der Waals surface area contributed by atoms with Crippen LogP contribution in [0.15, 0.2) is 48.5 Å². The Hall–Kier alpha value is -3.06. The molecule has 7 nitrogen and oxygen atoms in total. The standard InChI is InChI=1S/C18H22N4O3/c19-17(20)13-1-5-15(6-2-13)24-11-9-23-10-12-25-16-7-3-14(4-8-16)18(21)22/h1-8H,9-12H2,(H3,19,20)(H3,21,22)/p+2. The first-order valence-electron chi connectivity index (χ1n) is 7.86. The molecule has 0 fully saturated rings. The summed E-state index contributed by atoms with van der Waals surface area (Å²) in [6.45, 7) is 1.82. The summed E-state index contributed by atoms with van der Waals surface area (Å²) in [7, 11) is 0. The molecule has 25 heavy (non-hydrogen) atoms. The first-order chi connectivity index (χ1) is 12.1. The Kier molecular flexibility index (Phi) is 6.79. The monoisotopic (exact) mass is 344 g/mol. The summed E-state index contributed by atoms with van der Waals surface area (Å²) in [5, 5.41) is 11.0. The van der Waals surface area contributed by atoms with E-state index in [2.05, 4.69) is 0 Å². The molecule has 2 aromatic rings. The lowest BCUT2D eigenvalue weighted by molar-refractivity contribution is -0.115. The first kappa shape index (κ1) is 18.3. The van der Waals surface area contributed by atoms with Gasteiger partial charge in [-0.1, -0.05) is 0 Å². The van der Waals surface area contributed by atoms with Gasteiger partial charge in [-0.25, -0.2) is 0 Å². The van der Waals surface area contributed by atoms with Crippen LogP contribution in [-0.2, 0) is 4.74 Å². The normalized spacial score (nSPS) is 10.2. The highest BCUT2D eigenvalue weighted by atomic mass is 16.5. The van der Waals surface area contributed by atoms with Crippen LogP contribution in [-0.4, -0.2) is 38.1 Å². The maximum absolute atomic E-state index is 5.56. The van der Waals surface area contributed by atoms with E-state index in [1.807, 2.05) is 24.3 Å². The van der Waals surface area contributed by atoms with Crippen molar-refractivity contribution in [2.45, 2.75) is 0 Å². The molecule has 0 radical (unpaired) electrons. The molecule has 0 aliphatic rings. The Bertz CT molecular complexity index is 638. The lowest BCUT2D eigenvalue weighted by atomic mass is 10.2. The predicted molar refractivity (Wildman–Crippen MR) is 95.1 cm³/mol. The maximum atomic E-state index is 5.56. The minimum atomic E-state index is 0.286. The van der Waals surface area contributed by atoms with Crippen LogP contribution in [0.2, 0.25) is 0 Å². The molecule has 0 aliphatic carbocycles. The molecule has 0 atom stereocenters. The van der Waals surface area contributed by atoms with Crippen LogP contribution in [0.3, 0.4) is 0 Å². The Morgan fingerprint density at radius 3 is 1.32 bits per heavy atom. The Labute approximate surface area is 146 Å². The second-order valence-electron chi connectivity index (χ2n) is 5.27. The zero-order valence-corrected chi connectivity index (χ0v) is 14.0. The van der Waals surface area contributed by atoms with Gasteiger partial charge in [0.05, 0.1) is 24.3 Å². The zero-order valence-electron chi connectivity index (χ0n) is 14.0. The van der Waals surface area contributed by atoms with E-state index < -0.39 is 0 Å². The van der Waals surface area contributed by atoms with Crippen LogP contribution in [0.25, 0.3) is 0 Å². The average molecular weight is 344 g/mol. The highest BCUT2D eigenvalue weighted by molar-refractivity contribution is 5.93. The lowest BCUT2D eigenvalue weighted by Crippen LogP contribution is -2.46. The second kappa shape index (κ2) is 9.29. The quantitative estimate of drug-likeness (QED) is 0.227. The summed E-state index contributed by atoms with van der Waals surface area (Å²) in [5.74, 6) is 2.05. The van der Waals surface area contributed by atoms with Crippen LogP contribution in [0.4, 0.5) is 0 Å². The molecule has 0 spiro atoms. The predicted octanol–water partition coefficient (Wildman–Crippen LogP) is -1.91. The summed E-state index contributed by atoms with van der Waals surface area (Å²) >= 11 is 0. The fourth-order valence-electron chi connectivity index (χ4n) is 2.03. The molecule has 0 heterocycles. The van der Waals surface area contributed by atoms with Crippen LogP contribution in [0.1, 0.15) is 11.1 Å². The smallest absolute Gasteiger partial charge is 0.270 e. The van der Waals surface area contributed by atoms with E-state index in [0.717, 1.165) is 22.6 Å². The summed E-state index contributed by atoms with van der Waals surface area (Å²) in [6, 6.07) is 14.5. The summed E-state index contributed by atoms with van der Waals surface area (Å²) in [5.41, 5.74) is 12.6. The zero-order chi connectivity index (χ0) is 18.1. The number of benzene rings is 2. The van der Waals surface area contributed by atoms with Gasteiger partial charge >= 0.3 is 0 Å². The molecular weight excluding hydrogens is 320 g/mol. The van der Waals surface area contributed by atoms with Gasteiger partial charge in [0.1, 0.15) is 24.7 Å². The molecule has 2 rings (SSSR count). The third kappa shape index (κ3) is 6.15. The van der Waals surface area contributed by atoms with E-state index in [4.69, 9.17) is 36.5 Å². The first-order valence-corrected chi connectivity index (χ1v) is 7.86. The van der Waals surface area contributed by atoms with Gasteiger partial charge < -0.3 is 14.2 Å². The van der Waals surface area contributed by atoms with Crippen molar-refractivity contribution in [1.29, 1.82) is 0 Å². The number of rotatable bonds is 10. The lowest BCUT2D eigenvalue weighted by Gasteiger charge is -2.09. The van der Waals surface area contributed by atoms with Crippen molar-refractivity contribution in [3.05, 3.63) is 59.7 Å². The highest BCUT2D eigenvalue weighted by Crippen LogP contribution is 2.12. The van der Waals surface area contributed by atoms with Gasteiger partial charge in [0, 0.05) is 0 Å². The SMILES string of the molecule is NC(=[NH2+])c1ccc(OCCOCCOc2ccc(C(N)=[NH2+])cc2)cc1. The largest absolute Gasteiger partial charge is 0.491 e. The third-order valence-electron chi connectivity index (χ3n) is 3.37. The van der Waals surface area contributed by atoms with E-state index in [9.17, 15) is 0 Å². The van der Waals surface area contributed by atoms with Gasteiger partial charge in [0.25, 0.3) is 11.7 Å². The molecule has 0 saturated heterocycles. The van der Waals surface area contributed by atoms with Gasteiger partial charge in [-0.2, -0.15) is 0 Å². The van der Waals surface area contributed by atoms with Crippen molar-refractivity contribution in [3.8, 4) is 11.5 Å². The van der Waals surface area contributed by atoms with Crippen LogP contribution < -0.4 is 31.8 Å². The minimum Gasteiger partial charge on any atom is -0.491 e. The van der Waals surface area contributed by atoms with Gasteiger partial charge in [-0.3, -0.25) is 22.3 Å². The molecule has 0 bridgehead atoms. The van der Waals surface area contributed by atoms with Gasteiger partial charge in [0.2, 0.25) is 0 Å². The van der Waals surface area contributed by atoms with Crippen molar-refractivity contribution < 1.29 is 25.0 Å². The average Bonchev–Trinajstić information content (AvgIpc) is 2.61.